The molecule has 1 aliphatic rings. The van der Waals surface area contributed by atoms with E-state index in [2.05, 4.69) is 45.0 Å². The summed E-state index contributed by atoms with van der Waals surface area (Å²) in [6.45, 7) is 8.83. The van der Waals surface area contributed by atoms with E-state index in [0.29, 0.717) is 12.5 Å². The van der Waals surface area contributed by atoms with Crippen LogP contribution in [0.1, 0.15) is 39.7 Å². The first-order valence-corrected chi connectivity index (χ1v) is 7.15. The third kappa shape index (κ3) is 2.74. The molecule has 4 heteroatoms. The zero-order chi connectivity index (χ0) is 15.1. The van der Waals surface area contributed by atoms with Gasteiger partial charge in [0, 0.05) is 25.2 Å². The van der Waals surface area contributed by atoms with E-state index in [0.717, 1.165) is 29.0 Å². The van der Waals surface area contributed by atoms with Gasteiger partial charge in [-0.3, -0.25) is 4.79 Å². The quantitative estimate of drug-likeness (QED) is 0.816. The SMILES string of the molecule is CC(N(C)c1cc2c(cc1N)CCC(=O)N2)C(C)(C)C. The molecule has 1 aromatic carbocycles. The van der Waals surface area contributed by atoms with E-state index >= 15 is 0 Å². The highest BCUT2D eigenvalue weighted by atomic mass is 16.1. The predicted octanol–water partition coefficient (Wildman–Crippen LogP) is 3.02. The van der Waals surface area contributed by atoms with E-state index in [9.17, 15) is 4.79 Å². The molecular formula is C16H25N3O. The Kier molecular flexibility index (Phi) is 3.67. The van der Waals surface area contributed by atoms with Gasteiger partial charge >= 0.3 is 0 Å². The zero-order valence-corrected chi connectivity index (χ0v) is 13.1. The van der Waals surface area contributed by atoms with Crippen molar-refractivity contribution in [3.8, 4) is 0 Å². The molecule has 0 fully saturated rings. The number of anilines is 3. The Morgan fingerprint density at radius 2 is 1.95 bits per heavy atom. The molecule has 0 bridgehead atoms. The molecule has 0 saturated heterocycles. The molecule has 0 radical (unpaired) electrons. The van der Waals surface area contributed by atoms with Crippen molar-refractivity contribution >= 4 is 23.0 Å². The molecule has 3 N–H and O–H groups in total. The van der Waals surface area contributed by atoms with Crippen LogP contribution in [0.5, 0.6) is 0 Å². The van der Waals surface area contributed by atoms with E-state index in [1.165, 1.54) is 0 Å². The van der Waals surface area contributed by atoms with E-state index in [-0.39, 0.29) is 11.3 Å². The molecule has 110 valence electrons. The number of hydrogen-bond donors (Lipinski definition) is 2. The second-order valence-corrected chi connectivity index (χ2v) is 6.77. The maximum absolute atomic E-state index is 11.5. The number of nitrogens with one attached hydrogen (secondary N) is 1. The van der Waals surface area contributed by atoms with Crippen LogP contribution in [-0.2, 0) is 11.2 Å². The van der Waals surface area contributed by atoms with E-state index in [4.69, 9.17) is 5.73 Å². The molecule has 1 heterocycles. The average Bonchev–Trinajstić information content (AvgIpc) is 2.35. The van der Waals surface area contributed by atoms with E-state index in [1.807, 2.05) is 12.1 Å². The van der Waals surface area contributed by atoms with Crippen molar-refractivity contribution in [2.75, 3.05) is 23.0 Å². The fraction of sp³-hybridized carbons (Fsp3) is 0.562. The number of benzene rings is 1. The Balaban J connectivity index is 2.37. The highest BCUT2D eigenvalue weighted by molar-refractivity contribution is 5.95. The molecule has 20 heavy (non-hydrogen) atoms. The Hall–Kier alpha value is -1.71. The largest absolute Gasteiger partial charge is 0.397 e. The number of aryl methyl sites for hydroxylation is 1. The van der Waals surface area contributed by atoms with Gasteiger partial charge in [0.2, 0.25) is 5.91 Å². The van der Waals surface area contributed by atoms with Crippen molar-refractivity contribution < 1.29 is 4.79 Å². The van der Waals surface area contributed by atoms with Gasteiger partial charge in [0.1, 0.15) is 0 Å². The highest BCUT2D eigenvalue weighted by Crippen LogP contribution is 2.36. The number of carbonyl (C=O) groups excluding carboxylic acids is 1. The number of hydrogen-bond acceptors (Lipinski definition) is 3. The smallest absolute Gasteiger partial charge is 0.224 e. The number of nitrogens with zero attached hydrogens (tertiary/aromatic N) is 1. The molecule has 4 nitrogen and oxygen atoms in total. The number of fused-ring (bicyclic) bond motifs is 1. The lowest BCUT2D eigenvalue weighted by Gasteiger charge is -2.38. The molecule has 0 aliphatic carbocycles. The summed E-state index contributed by atoms with van der Waals surface area (Å²) >= 11 is 0. The highest BCUT2D eigenvalue weighted by Gasteiger charge is 2.26. The molecule has 1 aliphatic heterocycles. The second kappa shape index (κ2) is 5.00. The monoisotopic (exact) mass is 275 g/mol. The minimum absolute atomic E-state index is 0.0831. The molecule has 1 atom stereocenters. The molecule has 0 saturated carbocycles. The van der Waals surface area contributed by atoms with Crippen LogP contribution in [-0.4, -0.2) is 19.0 Å². The Morgan fingerprint density at radius 3 is 2.55 bits per heavy atom. The van der Waals surface area contributed by atoms with Crippen LogP contribution in [0, 0.1) is 5.41 Å². The summed E-state index contributed by atoms with van der Waals surface area (Å²) in [6, 6.07) is 4.34. The molecule has 0 spiro atoms. The van der Waals surface area contributed by atoms with Gasteiger partial charge in [-0.05, 0) is 36.5 Å². The van der Waals surface area contributed by atoms with Gasteiger partial charge in [0.15, 0.2) is 0 Å². The third-order valence-electron chi connectivity index (χ3n) is 4.36. The lowest BCUT2D eigenvalue weighted by molar-refractivity contribution is -0.116. The molecule has 1 unspecified atom stereocenters. The Morgan fingerprint density at radius 1 is 1.30 bits per heavy atom. The van der Waals surface area contributed by atoms with E-state index in [1.54, 1.807) is 0 Å². The topological polar surface area (TPSA) is 58.4 Å². The van der Waals surface area contributed by atoms with Crippen LogP contribution in [0.25, 0.3) is 0 Å². The summed E-state index contributed by atoms with van der Waals surface area (Å²) in [5, 5.41) is 2.94. The lowest BCUT2D eigenvalue weighted by Crippen LogP contribution is -2.39. The number of nitrogen functional groups attached to an aromatic ring is 1. The summed E-state index contributed by atoms with van der Waals surface area (Å²) < 4.78 is 0. The number of nitrogens with two attached hydrogens (primary N) is 1. The minimum Gasteiger partial charge on any atom is -0.397 e. The first-order valence-electron chi connectivity index (χ1n) is 7.15. The Labute approximate surface area is 121 Å². The maximum Gasteiger partial charge on any atom is 0.224 e. The summed E-state index contributed by atoms with van der Waals surface area (Å²) in [6.07, 6.45) is 1.31. The van der Waals surface area contributed by atoms with Crippen molar-refractivity contribution in [3.05, 3.63) is 17.7 Å². The van der Waals surface area contributed by atoms with Crippen LogP contribution in [0.4, 0.5) is 17.1 Å². The third-order valence-corrected chi connectivity index (χ3v) is 4.36. The molecule has 1 aromatic rings. The van der Waals surface area contributed by atoms with Crippen molar-refractivity contribution in [2.24, 2.45) is 5.41 Å². The van der Waals surface area contributed by atoms with Crippen LogP contribution in [0.3, 0.4) is 0 Å². The van der Waals surface area contributed by atoms with Crippen molar-refractivity contribution in [1.29, 1.82) is 0 Å². The molecular weight excluding hydrogens is 250 g/mol. The second-order valence-electron chi connectivity index (χ2n) is 6.77. The summed E-state index contributed by atoms with van der Waals surface area (Å²) in [4.78, 5) is 13.7. The van der Waals surface area contributed by atoms with Gasteiger partial charge in [0.05, 0.1) is 11.4 Å². The summed E-state index contributed by atoms with van der Waals surface area (Å²) in [7, 11) is 2.05. The van der Waals surface area contributed by atoms with Gasteiger partial charge in [-0.25, -0.2) is 0 Å². The van der Waals surface area contributed by atoms with Crippen LogP contribution >= 0.6 is 0 Å². The minimum atomic E-state index is 0.0831. The standard InChI is InChI=1S/C16H25N3O/c1-10(16(2,3)4)19(5)14-9-13-11(8-12(14)17)6-7-15(20)18-13/h8-10H,6-7,17H2,1-5H3,(H,18,20). The summed E-state index contributed by atoms with van der Waals surface area (Å²) in [5.74, 6) is 0.0831. The zero-order valence-electron chi connectivity index (χ0n) is 13.1. The predicted molar refractivity (Wildman–Crippen MR) is 85.1 cm³/mol. The van der Waals surface area contributed by atoms with Crippen molar-refractivity contribution in [2.45, 2.75) is 46.6 Å². The average molecular weight is 275 g/mol. The maximum atomic E-state index is 11.5. The number of rotatable bonds is 2. The van der Waals surface area contributed by atoms with Crippen LogP contribution < -0.4 is 16.0 Å². The van der Waals surface area contributed by atoms with Crippen molar-refractivity contribution in [3.63, 3.8) is 0 Å². The fourth-order valence-electron chi connectivity index (χ4n) is 2.53. The normalized spacial score (nSPS) is 16.4. The van der Waals surface area contributed by atoms with Crippen LogP contribution in [0.2, 0.25) is 0 Å². The number of carbonyl (C=O) groups is 1. The molecule has 0 aromatic heterocycles. The first-order chi connectivity index (χ1) is 9.20. The Bertz CT molecular complexity index is 531. The molecule has 1 amide bonds. The van der Waals surface area contributed by atoms with Crippen LogP contribution in [0.15, 0.2) is 12.1 Å². The van der Waals surface area contributed by atoms with Gasteiger partial charge in [-0.2, -0.15) is 0 Å². The summed E-state index contributed by atoms with van der Waals surface area (Å²) in [5.41, 5.74) is 10.1. The van der Waals surface area contributed by atoms with Gasteiger partial charge in [-0.1, -0.05) is 20.8 Å². The number of amides is 1. The van der Waals surface area contributed by atoms with Gasteiger partial charge in [-0.15, -0.1) is 0 Å². The molecule has 2 rings (SSSR count). The fourth-order valence-corrected chi connectivity index (χ4v) is 2.53. The van der Waals surface area contributed by atoms with Gasteiger partial charge in [0.25, 0.3) is 0 Å². The van der Waals surface area contributed by atoms with Gasteiger partial charge < -0.3 is 16.0 Å². The van der Waals surface area contributed by atoms with Crippen molar-refractivity contribution in [1.82, 2.24) is 0 Å². The first kappa shape index (κ1) is 14.7. The van der Waals surface area contributed by atoms with E-state index < -0.39 is 0 Å². The lowest BCUT2D eigenvalue weighted by atomic mass is 9.86.